The minimum absolute atomic E-state index is 0.637. The second-order valence-electron chi connectivity index (χ2n) is 5.64. The summed E-state index contributed by atoms with van der Waals surface area (Å²) in [5.41, 5.74) is 1.22. The van der Waals surface area contributed by atoms with Gasteiger partial charge in [-0.1, -0.05) is 18.2 Å². The van der Waals surface area contributed by atoms with Crippen LogP contribution in [0.5, 0.6) is 0 Å². The molecule has 1 aromatic rings. The third-order valence-electron chi connectivity index (χ3n) is 3.90. The summed E-state index contributed by atoms with van der Waals surface area (Å²) in [6.45, 7) is 9.77. The van der Waals surface area contributed by atoms with E-state index < -0.39 is 8.80 Å². The van der Waals surface area contributed by atoms with Crippen molar-refractivity contribution in [1.29, 1.82) is 0 Å². The molecule has 1 aliphatic rings. The number of anilines is 1. The summed E-state index contributed by atoms with van der Waals surface area (Å²) < 4.78 is 17.7. The van der Waals surface area contributed by atoms with Gasteiger partial charge in [-0.3, -0.25) is 0 Å². The van der Waals surface area contributed by atoms with Crippen LogP contribution >= 0.6 is 0 Å². The fourth-order valence-electron chi connectivity index (χ4n) is 2.90. The van der Waals surface area contributed by atoms with E-state index in [1.807, 2.05) is 26.8 Å². The minimum atomic E-state index is -2.51. The van der Waals surface area contributed by atoms with E-state index in [1.165, 1.54) is 5.69 Å². The lowest BCUT2D eigenvalue weighted by Crippen LogP contribution is -2.46. The molecule has 0 unspecified atom stereocenters. The van der Waals surface area contributed by atoms with Gasteiger partial charge in [-0.15, -0.1) is 0 Å². The first-order chi connectivity index (χ1) is 11.7. The predicted octanol–water partition coefficient (Wildman–Crippen LogP) is 3.68. The molecule has 5 nitrogen and oxygen atoms in total. The standard InChI is InChI=1S/C18H30N2O3Si/c1-4-21-24(22-5-2,23-6-3)16-10-13-19-14-15-20(17-19)18-11-8-7-9-12-18/h7-9,11-12,14-15H,4-6,10,13,16-17H2,1-3H3. The molecule has 0 spiro atoms. The largest absolute Gasteiger partial charge is 0.500 e. The molecule has 0 radical (unpaired) electrons. The van der Waals surface area contributed by atoms with Gasteiger partial charge in [0.1, 0.15) is 0 Å². The molecule has 0 fully saturated rings. The van der Waals surface area contributed by atoms with Gasteiger partial charge in [0.15, 0.2) is 0 Å². The van der Waals surface area contributed by atoms with E-state index in [-0.39, 0.29) is 0 Å². The van der Waals surface area contributed by atoms with Crippen LogP contribution in [0.1, 0.15) is 27.2 Å². The zero-order valence-corrected chi connectivity index (χ0v) is 16.1. The smallest absolute Gasteiger partial charge is 0.374 e. The molecule has 0 amide bonds. The van der Waals surface area contributed by atoms with Crippen molar-refractivity contribution >= 4 is 14.5 Å². The Labute approximate surface area is 147 Å². The van der Waals surface area contributed by atoms with Crippen LogP contribution in [-0.4, -0.2) is 46.7 Å². The molecule has 0 atom stereocenters. The van der Waals surface area contributed by atoms with Crippen LogP contribution in [-0.2, 0) is 13.3 Å². The van der Waals surface area contributed by atoms with Crippen LogP contribution in [0.15, 0.2) is 42.7 Å². The molecular formula is C18H30N2O3Si. The Balaban J connectivity index is 1.81. The number of benzene rings is 1. The first-order valence-corrected chi connectivity index (χ1v) is 10.8. The van der Waals surface area contributed by atoms with Crippen LogP contribution in [0.4, 0.5) is 5.69 Å². The van der Waals surface area contributed by atoms with Gasteiger partial charge in [-0.05, 0) is 39.3 Å². The topological polar surface area (TPSA) is 34.2 Å². The molecule has 24 heavy (non-hydrogen) atoms. The van der Waals surface area contributed by atoms with Gasteiger partial charge < -0.3 is 23.1 Å². The molecule has 0 N–H and O–H groups in total. The lowest BCUT2D eigenvalue weighted by molar-refractivity contribution is 0.0703. The van der Waals surface area contributed by atoms with E-state index in [0.29, 0.717) is 19.8 Å². The lowest BCUT2D eigenvalue weighted by atomic mass is 10.3. The van der Waals surface area contributed by atoms with Crippen LogP contribution in [0.2, 0.25) is 6.04 Å². The summed E-state index contributed by atoms with van der Waals surface area (Å²) in [5, 5.41) is 0. The average molecular weight is 351 g/mol. The van der Waals surface area contributed by atoms with E-state index in [9.17, 15) is 0 Å². The number of hydrogen-bond donors (Lipinski definition) is 0. The molecule has 2 rings (SSSR count). The van der Waals surface area contributed by atoms with E-state index >= 15 is 0 Å². The van der Waals surface area contributed by atoms with Crippen molar-refractivity contribution in [3.63, 3.8) is 0 Å². The molecule has 1 heterocycles. The molecule has 0 bridgehead atoms. The van der Waals surface area contributed by atoms with E-state index in [0.717, 1.165) is 25.7 Å². The predicted molar refractivity (Wildman–Crippen MR) is 99.7 cm³/mol. The third kappa shape index (κ3) is 5.34. The molecule has 0 saturated carbocycles. The summed E-state index contributed by atoms with van der Waals surface area (Å²) in [7, 11) is -2.51. The van der Waals surface area contributed by atoms with Gasteiger partial charge >= 0.3 is 8.80 Å². The van der Waals surface area contributed by atoms with Gasteiger partial charge in [0.05, 0.1) is 6.67 Å². The molecule has 1 aliphatic heterocycles. The van der Waals surface area contributed by atoms with Gasteiger partial charge in [0, 0.05) is 50.5 Å². The van der Waals surface area contributed by atoms with Gasteiger partial charge in [0.2, 0.25) is 0 Å². The normalized spacial score (nSPS) is 14.6. The Hall–Kier alpha value is -1.34. The zero-order valence-electron chi connectivity index (χ0n) is 15.1. The highest BCUT2D eigenvalue weighted by atomic mass is 28.4. The van der Waals surface area contributed by atoms with Crippen molar-refractivity contribution in [2.24, 2.45) is 0 Å². The van der Waals surface area contributed by atoms with Crippen molar-refractivity contribution in [2.45, 2.75) is 33.2 Å². The Morgan fingerprint density at radius 1 is 0.917 bits per heavy atom. The second kappa shape index (κ2) is 9.83. The minimum Gasteiger partial charge on any atom is -0.374 e. The highest BCUT2D eigenvalue weighted by molar-refractivity contribution is 6.60. The maximum absolute atomic E-state index is 5.91. The Kier molecular flexibility index (Phi) is 7.78. The summed E-state index contributed by atoms with van der Waals surface area (Å²) in [5.74, 6) is 0. The van der Waals surface area contributed by atoms with Crippen molar-refractivity contribution < 1.29 is 13.3 Å². The summed E-state index contributed by atoms with van der Waals surface area (Å²) >= 11 is 0. The Morgan fingerprint density at radius 2 is 1.54 bits per heavy atom. The summed E-state index contributed by atoms with van der Waals surface area (Å²) in [6, 6.07) is 11.3. The molecule has 134 valence electrons. The highest BCUT2D eigenvalue weighted by Gasteiger charge is 2.39. The number of para-hydroxylation sites is 1. The quantitative estimate of drug-likeness (QED) is 0.569. The Bertz CT molecular complexity index is 481. The zero-order chi connectivity index (χ0) is 17.3. The van der Waals surface area contributed by atoms with Crippen molar-refractivity contribution in [2.75, 3.05) is 37.9 Å². The SMILES string of the molecule is CCO[Si](CCCN1C=CN(c2ccccc2)C1)(OCC)OCC. The average Bonchev–Trinajstić information content (AvgIpc) is 3.05. The second-order valence-corrected chi connectivity index (χ2v) is 8.37. The van der Waals surface area contributed by atoms with Gasteiger partial charge in [-0.25, -0.2) is 0 Å². The maximum Gasteiger partial charge on any atom is 0.500 e. The highest BCUT2D eigenvalue weighted by Crippen LogP contribution is 2.21. The number of rotatable bonds is 11. The molecule has 0 saturated heterocycles. The monoisotopic (exact) mass is 350 g/mol. The fraction of sp³-hybridized carbons (Fsp3) is 0.556. The van der Waals surface area contributed by atoms with Crippen LogP contribution in [0.3, 0.4) is 0 Å². The van der Waals surface area contributed by atoms with Crippen LogP contribution < -0.4 is 4.90 Å². The van der Waals surface area contributed by atoms with Gasteiger partial charge in [-0.2, -0.15) is 0 Å². The van der Waals surface area contributed by atoms with Crippen molar-refractivity contribution in [1.82, 2.24) is 4.90 Å². The third-order valence-corrected chi connectivity index (χ3v) is 7.05. The molecule has 1 aromatic carbocycles. The Morgan fingerprint density at radius 3 is 2.12 bits per heavy atom. The molecule has 0 aliphatic carbocycles. The van der Waals surface area contributed by atoms with Crippen molar-refractivity contribution in [3.05, 3.63) is 42.7 Å². The molecule has 6 heteroatoms. The van der Waals surface area contributed by atoms with E-state index in [2.05, 4.69) is 46.5 Å². The number of nitrogens with zero attached hydrogens (tertiary/aromatic N) is 2. The van der Waals surface area contributed by atoms with E-state index in [4.69, 9.17) is 13.3 Å². The van der Waals surface area contributed by atoms with E-state index in [1.54, 1.807) is 0 Å². The number of hydrogen-bond acceptors (Lipinski definition) is 5. The summed E-state index contributed by atoms with van der Waals surface area (Å²) in [6.07, 6.45) is 5.28. The van der Waals surface area contributed by atoms with Crippen molar-refractivity contribution in [3.8, 4) is 0 Å². The van der Waals surface area contributed by atoms with Crippen LogP contribution in [0.25, 0.3) is 0 Å². The first kappa shape index (κ1) is 19.0. The summed E-state index contributed by atoms with van der Waals surface area (Å²) in [4.78, 5) is 4.56. The van der Waals surface area contributed by atoms with Crippen LogP contribution in [0, 0.1) is 0 Å². The maximum atomic E-state index is 5.91. The van der Waals surface area contributed by atoms with Gasteiger partial charge in [0.25, 0.3) is 0 Å². The fourth-order valence-corrected chi connectivity index (χ4v) is 5.49. The lowest BCUT2D eigenvalue weighted by Gasteiger charge is -2.29. The first-order valence-electron chi connectivity index (χ1n) is 8.89. The molecular weight excluding hydrogens is 320 g/mol. The molecule has 0 aromatic heterocycles.